The van der Waals surface area contributed by atoms with Gasteiger partial charge in [-0.25, -0.2) is 13.1 Å². The van der Waals surface area contributed by atoms with Crippen LogP contribution < -0.4 is 10.0 Å². The summed E-state index contributed by atoms with van der Waals surface area (Å²) < 4.78 is 27.1. The highest BCUT2D eigenvalue weighted by atomic mass is 32.2. The second kappa shape index (κ2) is 7.99. The molecule has 0 aliphatic rings. The summed E-state index contributed by atoms with van der Waals surface area (Å²) in [7, 11) is -1.47. The number of unbranched alkanes of at least 4 members (excludes halogenated alkanes) is 1. The molecule has 0 amide bonds. The van der Waals surface area contributed by atoms with Gasteiger partial charge in [-0.1, -0.05) is 26.7 Å². The smallest absolute Gasteiger partial charge is 0.250 e. The van der Waals surface area contributed by atoms with Crippen LogP contribution in [0.2, 0.25) is 0 Å². The predicted octanol–water partition coefficient (Wildman–Crippen LogP) is 2.57. The van der Waals surface area contributed by atoms with Crippen LogP contribution in [0, 0.1) is 5.92 Å². The third-order valence-corrected chi connectivity index (χ3v) is 5.79. The summed E-state index contributed by atoms with van der Waals surface area (Å²) in [5.74, 6) is 0.679. The summed E-state index contributed by atoms with van der Waals surface area (Å²) >= 11 is 1.32. The first kappa shape index (κ1) is 16.6. The van der Waals surface area contributed by atoms with Crippen molar-refractivity contribution in [3.8, 4) is 0 Å². The summed E-state index contributed by atoms with van der Waals surface area (Å²) in [5, 5.41) is 3.01. The highest BCUT2D eigenvalue weighted by Crippen LogP contribution is 2.21. The van der Waals surface area contributed by atoms with E-state index in [9.17, 15) is 8.42 Å². The summed E-state index contributed by atoms with van der Waals surface area (Å²) in [4.78, 5) is 1.03. The highest BCUT2D eigenvalue weighted by Gasteiger charge is 2.15. The molecule has 0 saturated carbocycles. The molecule has 1 heterocycles. The van der Waals surface area contributed by atoms with Crippen LogP contribution >= 0.6 is 11.3 Å². The number of thiophene rings is 1. The lowest BCUT2D eigenvalue weighted by atomic mass is 10.1. The van der Waals surface area contributed by atoms with Crippen molar-refractivity contribution in [2.75, 3.05) is 13.6 Å². The van der Waals surface area contributed by atoms with E-state index in [1.807, 2.05) is 13.1 Å². The molecule has 4 nitrogen and oxygen atoms in total. The largest absolute Gasteiger partial charge is 0.315 e. The number of sulfonamides is 1. The molecule has 110 valence electrons. The molecule has 0 bridgehead atoms. The molecule has 0 spiro atoms. The number of hydrogen-bond donors (Lipinski definition) is 2. The predicted molar refractivity (Wildman–Crippen MR) is 81.0 cm³/mol. The first-order valence-corrected chi connectivity index (χ1v) is 8.98. The van der Waals surface area contributed by atoms with Crippen LogP contribution in [0.4, 0.5) is 0 Å². The third-order valence-electron chi connectivity index (χ3n) is 2.75. The van der Waals surface area contributed by atoms with E-state index < -0.39 is 10.0 Å². The van der Waals surface area contributed by atoms with Crippen molar-refractivity contribution in [3.05, 3.63) is 17.0 Å². The molecule has 0 saturated heterocycles. The van der Waals surface area contributed by atoms with E-state index in [1.165, 1.54) is 11.3 Å². The van der Waals surface area contributed by atoms with E-state index in [1.54, 1.807) is 6.07 Å². The lowest BCUT2D eigenvalue weighted by Crippen LogP contribution is -2.24. The molecular formula is C13H24N2O2S2. The van der Waals surface area contributed by atoms with Crippen molar-refractivity contribution in [3.63, 3.8) is 0 Å². The van der Waals surface area contributed by atoms with Crippen LogP contribution in [0.3, 0.4) is 0 Å². The quantitative estimate of drug-likeness (QED) is 0.689. The standard InChI is InChI=1S/C13H24N2O2S2/c1-11(2)6-4-5-9-15-19(16,17)13-8-7-12(18-13)10-14-3/h7-8,11,14-15H,4-6,9-10H2,1-3H3. The Morgan fingerprint density at radius 2 is 2.00 bits per heavy atom. The van der Waals surface area contributed by atoms with Crippen LogP contribution in [0.1, 0.15) is 38.0 Å². The first-order chi connectivity index (χ1) is 8.95. The Balaban J connectivity index is 2.42. The van der Waals surface area contributed by atoms with E-state index in [0.29, 0.717) is 23.2 Å². The SMILES string of the molecule is CNCc1ccc(S(=O)(=O)NCCCCC(C)C)s1. The van der Waals surface area contributed by atoms with Gasteiger partial charge in [0.2, 0.25) is 10.0 Å². The van der Waals surface area contributed by atoms with Gasteiger partial charge in [-0.3, -0.25) is 0 Å². The Kier molecular flexibility index (Phi) is 6.99. The maximum Gasteiger partial charge on any atom is 0.250 e. The molecule has 0 radical (unpaired) electrons. The lowest BCUT2D eigenvalue weighted by Gasteiger charge is -2.06. The van der Waals surface area contributed by atoms with Gasteiger partial charge in [0.05, 0.1) is 0 Å². The van der Waals surface area contributed by atoms with E-state index >= 15 is 0 Å². The lowest BCUT2D eigenvalue weighted by molar-refractivity contribution is 0.531. The molecule has 0 aliphatic carbocycles. The number of rotatable bonds is 9. The molecule has 0 unspecified atom stereocenters. The average Bonchev–Trinajstić information content (AvgIpc) is 2.78. The van der Waals surface area contributed by atoms with Gasteiger partial charge in [-0.05, 0) is 31.5 Å². The molecule has 0 aromatic carbocycles. The van der Waals surface area contributed by atoms with Crippen molar-refractivity contribution < 1.29 is 8.42 Å². The Bertz CT molecular complexity index is 467. The van der Waals surface area contributed by atoms with E-state index in [-0.39, 0.29) is 0 Å². The minimum absolute atomic E-state index is 0.404. The number of hydrogen-bond acceptors (Lipinski definition) is 4. The second-order valence-electron chi connectivity index (χ2n) is 5.04. The van der Waals surface area contributed by atoms with E-state index in [2.05, 4.69) is 23.9 Å². The zero-order valence-corrected chi connectivity index (χ0v) is 13.5. The van der Waals surface area contributed by atoms with Crippen LogP contribution in [0.25, 0.3) is 0 Å². The van der Waals surface area contributed by atoms with E-state index in [4.69, 9.17) is 0 Å². The van der Waals surface area contributed by atoms with Crippen molar-refractivity contribution in [2.24, 2.45) is 5.92 Å². The molecule has 0 aliphatic heterocycles. The topological polar surface area (TPSA) is 58.2 Å². The van der Waals surface area contributed by atoms with E-state index in [0.717, 1.165) is 24.1 Å². The van der Waals surface area contributed by atoms with Gasteiger partial charge in [-0.2, -0.15) is 0 Å². The Hall–Kier alpha value is -0.430. The van der Waals surface area contributed by atoms with Crippen LogP contribution in [-0.4, -0.2) is 22.0 Å². The van der Waals surface area contributed by atoms with Crippen molar-refractivity contribution >= 4 is 21.4 Å². The second-order valence-corrected chi connectivity index (χ2v) is 8.20. The van der Waals surface area contributed by atoms with Gasteiger partial charge in [0.1, 0.15) is 4.21 Å². The molecule has 1 aromatic rings. The zero-order valence-electron chi connectivity index (χ0n) is 11.9. The minimum Gasteiger partial charge on any atom is -0.315 e. The van der Waals surface area contributed by atoms with Gasteiger partial charge in [-0.15, -0.1) is 11.3 Å². The third kappa shape index (κ3) is 6.03. The maximum absolute atomic E-state index is 12.0. The first-order valence-electron chi connectivity index (χ1n) is 6.68. The fourth-order valence-electron chi connectivity index (χ4n) is 1.73. The van der Waals surface area contributed by atoms with Crippen molar-refractivity contribution in [2.45, 2.75) is 43.9 Å². The fraction of sp³-hybridized carbons (Fsp3) is 0.692. The van der Waals surface area contributed by atoms with Gasteiger partial charge in [0, 0.05) is 18.0 Å². The van der Waals surface area contributed by atoms with Crippen LogP contribution in [-0.2, 0) is 16.6 Å². The minimum atomic E-state index is -3.32. The zero-order chi connectivity index (χ0) is 14.3. The molecule has 1 rings (SSSR count). The van der Waals surface area contributed by atoms with Gasteiger partial charge < -0.3 is 5.32 Å². The molecule has 0 atom stereocenters. The van der Waals surface area contributed by atoms with Crippen LogP contribution in [0.15, 0.2) is 16.3 Å². The molecule has 2 N–H and O–H groups in total. The molecule has 0 fully saturated rings. The summed E-state index contributed by atoms with van der Waals surface area (Å²) in [6.07, 6.45) is 3.11. The Labute approximate surface area is 120 Å². The van der Waals surface area contributed by atoms with Crippen LogP contribution in [0.5, 0.6) is 0 Å². The number of nitrogens with one attached hydrogen (secondary N) is 2. The molecule has 1 aromatic heterocycles. The molecular weight excluding hydrogens is 280 g/mol. The van der Waals surface area contributed by atoms with Crippen molar-refractivity contribution in [1.82, 2.24) is 10.0 Å². The Morgan fingerprint density at radius 3 is 2.63 bits per heavy atom. The summed E-state index contributed by atoms with van der Waals surface area (Å²) in [6, 6.07) is 3.53. The average molecular weight is 304 g/mol. The normalized spacial score (nSPS) is 12.2. The van der Waals surface area contributed by atoms with Gasteiger partial charge in [0.15, 0.2) is 0 Å². The Morgan fingerprint density at radius 1 is 1.26 bits per heavy atom. The van der Waals surface area contributed by atoms with Gasteiger partial charge in [0.25, 0.3) is 0 Å². The fourth-order valence-corrected chi connectivity index (χ4v) is 4.21. The van der Waals surface area contributed by atoms with Crippen molar-refractivity contribution in [1.29, 1.82) is 0 Å². The van der Waals surface area contributed by atoms with Gasteiger partial charge >= 0.3 is 0 Å². The molecule has 6 heteroatoms. The maximum atomic E-state index is 12.0. The summed E-state index contributed by atoms with van der Waals surface area (Å²) in [6.45, 7) is 5.58. The molecule has 19 heavy (non-hydrogen) atoms. The monoisotopic (exact) mass is 304 g/mol. The highest BCUT2D eigenvalue weighted by molar-refractivity contribution is 7.91. The summed E-state index contributed by atoms with van der Waals surface area (Å²) in [5.41, 5.74) is 0.